The Labute approximate surface area is 130 Å². The average Bonchev–Trinajstić information content (AvgIpc) is 3.10. The molecular formula is C12H15N5O2S2. The number of nitrogens with zero attached hydrogens (tertiary/aromatic N) is 4. The highest BCUT2D eigenvalue weighted by molar-refractivity contribution is 7.13. The number of anilines is 1. The average molecular weight is 325 g/mol. The van der Waals surface area contributed by atoms with E-state index in [4.69, 9.17) is 4.74 Å². The van der Waals surface area contributed by atoms with Crippen LogP contribution >= 0.6 is 22.7 Å². The molecule has 21 heavy (non-hydrogen) atoms. The van der Waals surface area contributed by atoms with Crippen LogP contribution in [-0.2, 0) is 9.53 Å². The van der Waals surface area contributed by atoms with E-state index in [1.54, 1.807) is 16.8 Å². The highest BCUT2D eigenvalue weighted by Crippen LogP contribution is 2.25. The summed E-state index contributed by atoms with van der Waals surface area (Å²) in [5.74, 6) is -0.0808. The lowest BCUT2D eigenvalue weighted by Gasteiger charge is -2.31. The van der Waals surface area contributed by atoms with Gasteiger partial charge in [-0.05, 0) is 6.92 Å². The third kappa shape index (κ3) is 3.82. The molecule has 0 bridgehead atoms. The van der Waals surface area contributed by atoms with E-state index in [-0.39, 0.29) is 12.0 Å². The topological polar surface area (TPSA) is 80.2 Å². The summed E-state index contributed by atoms with van der Waals surface area (Å²) in [5.41, 5.74) is 2.59. The minimum atomic E-state index is -0.0808. The molecule has 1 N–H and O–H groups in total. The number of ether oxygens (including phenoxy) is 1. The van der Waals surface area contributed by atoms with Gasteiger partial charge in [0.05, 0.1) is 13.2 Å². The van der Waals surface area contributed by atoms with Crippen molar-refractivity contribution in [1.29, 1.82) is 0 Å². The second kappa shape index (κ2) is 6.56. The number of carbonyl (C=O) groups excluding carboxylic acids is 1. The summed E-state index contributed by atoms with van der Waals surface area (Å²) in [6, 6.07) is 0. The molecule has 1 atom stereocenters. The summed E-state index contributed by atoms with van der Waals surface area (Å²) in [6.07, 6.45) is -0.0493. The summed E-state index contributed by atoms with van der Waals surface area (Å²) in [4.78, 5) is 18.5. The Hall–Kier alpha value is -1.42. The van der Waals surface area contributed by atoms with Crippen LogP contribution in [-0.4, -0.2) is 52.2 Å². The fourth-order valence-corrected chi connectivity index (χ4v) is 3.40. The predicted octanol–water partition coefficient (Wildman–Crippen LogP) is 1.32. The molecule has 1 saturated heterocycles. The number of thiazole rings is 1. The zero-order chi connectivity index (χ0) is 14.7. The normalized spacial score (nSPS) is 19.6. The molecule has 3 rings (SSSR count). The number of hydrogen-bond acceptors (Lipinski definition) is 8. The molecule has 0 radical (unpaired) electrons. The first kappa shape index (κ1) is 14.5. The molecule has 3 heterocycles. The number of rotatable bonds is 4. The van der Waals surface area contributed by atoms with Crippen molar-refractivity contribution in [1.82, 2.24) is 20.1 Å². The number of morpholine rings is 1. The lowest BCUT2D eigenvalue weighted by Crippen LogP contribution is -2.42. The van der Waals surface area contributed by atoms with Crippen LogP contribution in [0.15, 0.2) is 10.9 Å². The minimum Gasteiger partial charge on any atom is -0.368 e. The largest absolute Gasteiger partial charge is 0.368 e. The van der Waals surface area contributed by atoms with Crippen LogP contribution in [0.4, 0.5) is 5.13 Å². The third-order valence-corrected chi connectivity index (χ3v) is 4.70. The van der Waals surface area contributed by atoms with Gasteiger partial charge in [-0.2, -0.15) is 0 Å². The monoisotopic (exact) mass is 325 g/mol. The molecule has 1 amide bonds. The number of carbonyl (C=O) groups is 1. The molecule has 1 aliphatic heterocycles. The van der Waals surface area contributed by atoms with E-state index < -0.39 is 0 Å². The zero-order valence-corrected chi connectivity index (χ0v) is 13.1. The first-order chi connectivity index (χ1) is 10.2. The minimum absolute atomic E-state index is 0.0493. The number of amides is 1. The van der Waals surface area contributed by atoms with Crippen LogP contribution in [0.5, 0.6) is 0 Å². The fraction of sp³-hybridized carbons (Fsp3) is 0.500. The summed E-state index contributed by atoms with van der Waals surface area (Å²) < 4.78 is 5.75. The maximum atomic E-state index is 12.0. The van der Waals surface area contributed by atoms with Crippen LogP contribution in [0.25, 0.3) is 0 Å². The van der Waals surface area contributed by atoms with Crippen molar-refractivity contribution in [2.45, 2.75) is 13.0 Å². The van der Waals surface area contributed by atoms with Crippen molar-refractivity contribution >= 4 is 33.7 Å². The van der Waals surface area contributed by atoms with Gasteiger partial charge < -0.3 is 4.74 Å². The van der Waals surface area contributed by atoms with Crippen LogP contribution in [0.1, 0.15) is 16.8 Å². The van der Waals surface area contributed by atoms with Crippen LogP contribution in [0.3, 0.4) is 0 Å². The van der Waals surface area contributed by atoms with Crippen molar-refractivity contribution in [3.8, 4) is 0 Å². The molecule has 7 nitrogen and oxygen atoms in total. The van der Waals surface area contributed by atoms with Gasteiger partial charge in [0.1, 0.15) is 16.6 Å². The number of nitrogens with one attached hydrogen (secondary N) is 1. The molecule has 9 heteroatoms. The maximum Gasteiger partial charge on any atom is 0.240 e. The van der Waals surface area contributed by atoms with Gasteiger partial charge in [-0.3, -0.25) is 15.0 Å². The van der Waals surface area contributed by atoms with Crippen molar-refractivity contribution in [2.75, 3.05) is 31.6 Å². The molecular weight excluding hydrogens is 310 g/mol. The molecule has 1 fully saturated rings. The Morgan fingerprint density at radius 2 is 2.48 bits per heavy atom. The van der Waals surface area contributed by atoms with Gasteiger partial charge >= 0.3 is 0 Å². The van der Waals surface area contributed by atoms with Crippen LogP contribution in [0, 0.1) is 6.92 Å². The second-order valence-electron chi connectivity index (χ2n) is 4.71. The van der Waals surface area contributed by atoms with E-state index in [0.29, 0.717) is 24.8 Å². The molecule has 2 aromatic heterocycles. The van der Waals surface area contributed by atoms with Gasteiger partial charge in [0.2, 0.25) is 11.0 Å². The van der Waals surface area contributed by atoms with Crippen molar-refractivity contribution < 1.29 is 9.53 Å². The van der Waals surface area contributed by atoms with E-state index >= 15 is 0 Å². The van der Waals surface area contributed by atoms with Crippen molar-refractivity contribution in [3.05, 3.63) is 21.6 Å². The Morgan fingerprint density at radius 3 is 3.19 bits per heavy atom. The van der Waals surface area contributed by atoms with Gasteiger partial charge in [0.15, 0.2) is 0 Å². The van der Waals surface area contributed by atoms with Crippen LogP contribution in [0.2, 0.25) is 0 Å². The first-order valence-corrected chi connectivity index (χ1v) is 8.28. The number of aryl methyl sites for hydroxylation is 1. The van der Waals surface area contributed by atoms with Gasteiger partial charge in [0, 0.05) is 24.2 Å². The highest BCUT2D eigenvalue weighted by Gasteiger charge is 2.25. The summed E-state index contributed by atoms with van der Waals surface area (Å²) in [7, 11) is 0. The number of hydrogen-bond donors (Lipinski definition) is 1. The Bertz CT molecular complexity index is 601. The summed E-state index contributed by atoms with van der Waals surface area (Å²) in [5, 5.41) is 13.7. The maximum absolute atomic E-state index is 12.0. The van der Waals surface area contributed by atoms with E-state index in [2.05, 4.69) is 25.4 Å². The predicted molar refractivity (Wildman–Crippen MR) is 80.5 cm³/mol. The van der Waals surface area contributed by atoms with E-state index in [9.17, 15) is 4.79 Å². The molecule has 1 aliphatic rings. The lowest BCUT2D eigenvalue weighted by atomic mass is 10.2. The molecule has 0 aliphatic carbocycles. The van der Waals surface area contributed by atoms with Crippen molar-refractivity contribution in [2.24, 2.45) is 0 Å². The third-order valence-electron chi connectivity index (χ3n) is 3.04. The Morgan fingerprint density at radius 1 is 1.57 bits per heavy atom. The van der Waals surface area contributed by atoms with E-state index in [1.165, 1.54) is 11.3 Å². The van der Waals surface area contributed by atoms with E-state index in [1.807, 2.05) is 12.3 Å². The first-order valence-electron chi connectivity index (χ1n) is 6.53. The number of aromatic nitrogens is 3. The lowest BCUT2D eigenvalue weighted by molar-refractivity contribution is -0.119. The molecule has 0 saturated carbocycles. The standard InChI is InChI=1S/C12H15N5O2S2/c1-8-6-20-11(14-8)9-4-17(2-3-19-9)5-10(18)15-12-16-13-7-21-12/h6-7,9H,2-5H2,1H3,(H,15,16,18). The molecule has 112 valence electrons. The van der Waals surface area contributed by atoms with Gasteiger partial charge in [0.25, 0.3) is 0 Å². The zero-order valence-electron chi connectivity index (χ0n) is 11.5. The second-order valence-corrected chi connectivity index (χ2v) is 6.44. The smallest absolute Gasteiger partial charge is 0.240 e. The molecule has 0 spiro atoms. The van der Waals surface area contributed by atoms with Crippen LogP contribution < -0.4 is 5.32 Å². The Balaban J connectivity index is 1.55. The highest BCUT2D eigenvalue weighted by atomic mass is 32.1. The molecule has 2 aromatic rings. The van der Waals surface area contributed by atoms with Gasteiger partial charge in [-0.15, -0.1) is 21.5 Å². The fourth-order valence-electron chi connectivity index (χ4n) is 2.11. The summed E-state index contributed by atoms with van der Waals surface area (Å²) >= 11 is 2.91. The van der Waals surface area contributed by atoms with Gasteiger partial charge in [-0.1, -0.05) is 11.3 Å². The molecule has 0 aromatic carbocycles. The molecule has 1 unspecified atom stereocenters. The SMILES string of the molecule is Cc1csc(C2CN(CC(=O)Nc3nncs3)CCO2)n1. The van der Waals surface area contributed by atoms with Gasteiger partial charge in [-0.25, -0.2) is 4.98 Å². The quantitative estimate of drug-likeness (QED) is 0.913. The Kier molecular flexibility index (Phi) is 4.54. The summed E-state index contributed by atoms with van der Waals surface area (Å²) in [6.45, 7) is 4.32. The van der Waals surface area contributed by atoms with E-state index in [0.717, 1.165) is 17.2 Å². The van der Waals surface area contributed by atoms with Crippen molar-refractivity contribution in [3.63, 3.8) is 0 Å².